The molecule has 1 aliphatic rings. The predicted octanol–water partition coefficient (Wildman–Crippen LogP) is 1.49. The van der Waals surface area contributed by atoms with Crippen LogP contribution < -0.4 is 4.90 Å². The van der Waals surface area contributed by atoms with E-state index in [0.717, 1.165) is 11.4 Å². The Morgan fingerprint density at radius 3 is 2.60 bits per heavy atom. The van der Waals surface area contributed by atoms with Crippen LogP contribution in [0.3, 0.4) is 0 Å². The van der Waals surface area contributed by atoms with Gasteiger partial charge in [-0.1, -0.05) is 5.16 Å². The van der Waals surface area contributed by atoms with E-state index in [1.54, 1.807) is 42.0 Å². The molecule has 0 aliphatic carbocycles. The average Bonchev–Trinajstić information content (AvgIpc) is 3.19. The Kier molecular flexibility index (Phi) is 4.07. The van der Waals surface area contributed by atoms with Gasteiger partial charge in [-0.15, -0.1) is 0 Å². The fourth-order valence-electron chi connectivity index (χ4n) is 2.78. The molecule has 4 rings (SSSR count). The van der Waals surface area contributed by atoms with E-state index in [1.165, 1.54) is 0 Å². The van der Waals surface area contributed by atoms with Crippen molar-refractivity contribution in [1.29, 1.82) is 0 Å². The van der Waals surface area contributed by atoms with Crippen LogP contribution in [0, 0.1) is 0 Å². The van der Waals surface area contributed by atoms with E-state index in [1.807, 2.05) is 12.1 Å². The van der Waals surface area contributed by atoms with Crippen LogP contribution in [0.5, 0.6) is 0 Å². The van der Waals surface area contributed by atoms with Gasteiger partial charge in [0.05, 0.1) is 6.20 Å². The highest BCUT2D eigenvalue weighted by Crippen LogP contribution is 2.20. The minimum atomic E-state index is -0.127. The molecule has 0 bridgehead atoms. The van der Waals surface area contributed by atoms with E-state index in [4.69, 9.17) is 4.52 Å². The minimum absolute atomic E-state index is 0.127. The lowest BCUT2D eigenvalue weighted by molar-refractivity contribution is 0.0736. The number of aromatic nitrogens is 4. The summed E-state index contributed by atoms with van der Waals surface area (Å²) in [7, 11) is 0. The van der Waals surface area contributed by atoms with Crippen molar-refractivity contribution in [1.82, 2.24) is 25.0 Å². The van der Waals surface area contributed by atoms with Gasteiger partial charge < -0.3 is 14.3 Å². The second-order valence-electron chi connectivity index (χ2n) is 5.66. The molecule has 0 spiro atoms. The lowest BCUT2D eigenvalue weighted by Gasteiger charge is -2.34. The fraction of sp³-hybridized carbons (Fsp3) is 0.235. The maximum Gasteiger partial charge on any atom is 0.276 e. The van der Waals surface area contributed by atoms with E-state index in [2.05, 4.69) is 25.0 Å². The molecule has 126 valence electrons. The molecule has 0 aromatic carbocycles. The van der Waals surface area contributed by atoms with Crippen LogP contribution in [0.4, 0.5) is 5.82 Å². The molecule has 8 heteroatoms. The third-order valence-corrected chi connectivity index (χ3v) is 4.12. The van der Waals surface area contributed by atoms with Gasteiger partial charge in [-0.25, -0.2) is 4.98 Å². The highest BCUT2D eigenvalue weighted by molar-refractivity contribution is 5.93. The molecule has 0 N–H and O–H groups in total. The average molecular weight is 336 g/mol. The van der Waals surface area contributed by atoms with Crippen LogP contribution in [0.2, 0.25) is 0 Å². The molecule has 0 unspecified atom stereocenters. The first-order valence-electron chi connectivity index (χ1n) is 7.98. The number of carbonyl (C=O) groups is 1. The number of hydrogen-bond acceptors (Lipinski definition) is 7. The van der Waals surface area contributed by atoms with Gasteiger partial charge in [-0.2, -0.15) is 0 Å². The summed E-state index contributed by atoms with van der Waals surface area (Å²) in [6, 6.07) is 5.33. The van der Waals surface area contributed by atoms with Gasteiger partial charge in [0, 0.05) is 62.6 Å². The Morgan fingerprint density at radius 1 is 1.04 bits per heavy atom. The maximum atomic E-state index is 12.6. The zero-order valence-electron chi connectivity index (χ0n) is 13.4. The number of carbonyl (C=O) groups excluding carboxylic acids is 1. The molecule has 1 amide bonds. The summed E-state index contributed by atoms with van der Waals surface area (Å²) in [4.78, 5) is 28.9. The molecule has 3 aromatic heterocycles. The molecular weight excluding hydrogens is 320 g/mol. The SMILES string of the molecule is O=C(c1cc(-c2cccnc2)on1)N1CCN(c2cnccn2)CC1. The smallest absolute Gasteiger partial charge is 0.276 e. The number of amides is 1. The van der Waals surface area contributed by atoms with E-state index >= 15 is 0 Å². The second kappa shape index (κ2) is 6.68. The third kappa shape index (κ3) is 3.18. The minimum Gasteiger partial charge on any atom is -0.355 e. The summed E-state index contributed by atoms with van der Waals surface area (Å²) in [6.07, 6.45) is 8.40. The zero-order chi connectivity index (χ0) is 17.1. The number of rotatable bonds is 3. The van der Waals surface area contributed by atoms with Gasteiger partial charge in [-0.3, -0.25) is 14.8 Å². The van der Waals surface area contributed by atoms with Crippen molar-refractivity contribution in [3.8, 4) is 11.3 Å². The van der Waals surface area contributed by atoms with Gasteiger partial charge in [0.1, 0.15) is 5.82 Å². The van der Waals surface area contributed by atoms with Crippen molar-refractivity contribution in [2.75, 3.05) is 31.1 Å². The highest BCUT2D eigenvalue weighted by Gasteiger charge is 2.25. The Morgan fingerprint density at radius 2 is 1.88 bits per heavy atom. The molecule has 4 heterocycles. The normalized spacial score (nSPS) is 14.6. The zero-order valence-corrected chi connectivity index (χ0v) is 13.4. The molecule has 0 saturated carbocycles. The number of nitrogens with zero attached hydrogens (tertiary/aromatic N) is 6. The van der Waals surface area contributed by atoms with Crippen molar-refractivity contribution in [3.63, 3.8) is 0 Å². The van der Waals surface area contributed by atoms with Crippen LogP contribution >= 0.6 is 0 Å². The predicted molar refractivity (Wildman–Crippen MR) is 89.9 cm³/mol. The van der Waals surface area contributed by atoms with Crippen LogP contribution in [0.25, 0.3) is 11.3 Å². The number of pyridine rings is 1. The Balaban J connectivity index is 1.42. The van der Waals surface area contributed by atoms with Crippen LogP contribution in [-0.4, -0.2) is 57.1 Å². The summed E-state index contributed by atoms with van der Waals surface area (Å²) in [5.74, 6) is 1.24. The van der Waals surface area contributed by atoms with Crippen molar-refractivity contribution in [3.05, 3.63) is 54.9 Å². The van der Waals surface area contributed by atoms with E-state index in [9.17, 15) is 4.79 Å². The summed E-state index contributed by atoms with van der Waals surface area (Å²) < 4.78 is 5.29. The van der Waals surface area contributed by atoms with E-state index < -0.39 is 0 Å². The van der Waals surface area contributed by atoms with Crippen molar-refractivity contribution >= 4 is 11.7 Å². The lowest BCUT2D eigenvalue weighted by atomic mass is 10.2. The molecule has 3 aromatic rings. The monoisotopic (exact) mass is 336 g/mol. The number of piperazine rings is 1. The summed E-state index contributed by atoms with van der Waals surface area (Å²) in [5.41, 5.74) is 1.10. The number of anilines is 1. The Bertz CT molecular complexity index is 844. The van der Waals surface area contributed by atoms with Gasteiger partial charge in [0.2, 0.25) is 0 Å². The molecule has 8 nitrogen and oxygen atoms in total. The van der Waals surface area contributed by atoms with Crippen molar-refractivity contribution < 1.29 is 9.32 Å². The van der Waals surface area contributed by atoms with Crippen LogP contribution in [-0.2, 0) is 0 Å². The second-order valence-corrected chi connectivity index (χ2v) is 5.66. The van der Waals surface area contributed by atoms with Crippen LogP contribution in [0.15, 0.2) is 53.7 Å². The van der Waals surface area contributed by atoms with Crippen LogP contribution in [0.1, 0.15) is 10.5 Å². The molecule has 1 aliphatic heterocycles. The van der Waals surface area contributed by atoms with Gasteiger partial charge in [0.25, 0.3) is 5.91 Å². The van der Waals surface area contributed by atoms with Gasteiger partial charge in [0.15, 0.2) is 11.5 Å². The largest absolute Gasteiger partial charge is 0.355 e. The lowest BCUT2D eigenvalue weighted by Crippen LogP contribution is -2.49. The molecular formula is C17H16N6O2. The van der Waals surface area contributed by atoms with Gasteiger partial charge in [-0.05, 0) is 12.1 Å². The summed E-state index contributed by atoms with van der Waals surface area (Å²) in [6.45, 7) is 2.62. The highest BCUT2D eigenvalue weighted by atomic mass is 16.5. The fourth-order valence-corrected chi connectivity index (χ4v) is 2.78. The third-order valence-electron chi connectivity index (χ3n) is 4.12. The van der Waals surface area contributed by atoms with Gasteiger partial charge >= 0.3 is 0 Å². The first-order valence-corrected chi connectivity index (χ1v) is 7.98. The molecule has 1 fully saturated rings. The molecule has 25 heavy (non-hydrogen) atoms. The molecule has 1 saturated heterocycles. The van der Waals surface area contributed by atoms with Crippen molar-refractivity contribution in [2.24, 2.45) is 0 Å². The standard InChI is InChI=1S/C17H16N6O2/c24-17(14-10-15(25-21-14)13-2-1-3-18-11-13)23-8-6-22(7-9-23)16-12-19-4-5-20-16/h1-5,10-12H,6-9H2. The first kappa shape index (κ1) is 15.3. The molecule has 0 atom stereocenters. The summed E-state index contributed by atoms with van der Waals surface area (Å²) >= 11 is 0. The number of hydrogen-bond donors (Lipinski definition) is 0. The molecule has 0 radical (unpaired) electrons. The Hall–Kier alpha value is -3.29. The maximum absolute atomic E-state index is 12.6. The van der Waals surface area contributed by atoms with E-state index in [0.29, 0.717) is 37.6 Å². The first-order chi connectivity index (χ1) is 12.3. The topological polar surface area (TPSA) is 88.3 Å². The quantitative estimate of drug-likeness (QED) is 0.716. The van der Waals surface area contributed by atoms with Crippen molar-refractivity contribution in [2.45, 2.75) is 0 Å². The summed E-state index contributed by atoms with van der Waals surface area (Å²) in [5, 5.41) is 3.91. The Labute approximate surface area is 144 Å². The van der Waals surface area contributed by atoms with E-state index in [-0.39, 0.29) is 5.91 Å².